The van der Waals surface area contributed by atoms with E-state index in [1.54, 1.807) is 25.3 Å². The molecule has 1 amide bonds. The molecule has 9 nitrogen and oxygen atoms in total. The molecule has 0 saturated heterocycles. The predicted octanol–water partition coefficient (Wildman–Crippen LogP) is 4.61. The first-order valence-corrected chi connectivity index (χ1v) is 12.7. The van der Waals surface area contributed by atoms with Gasteiger partial charge in [-0.05, 0) is 61.2 Å². The molecular weight excluding hydrogens is 464 g/mol. The van der Waals surface area contributed by atoms with Gasteiger partial charge in [0.1, 0.15) is 5.75 Å². The SMILES string of the molecule is COc1ccc(-c2nnc(SCC(=O)Nc3ccc4[nH]c(=O)[nH]c4c3)n2[C@@H]2CCCC[C@H]2C)cc1. The molecule has 1 fully saturated rings. The van der Waals surface area contributed by atoms with E-state index in [1.807, 2.05) is 24.3 Å². The van der Waals surface area contributed by atoms with Crippen molar-refractivity contribution in [3.05, 3.63) is 52.9 Å². The number of hydrogen-bond donors (Lipinski definition) is 3. The number of hydrogen-bond acceptors (Lipinski definition) is 6. The average Bonchev–Trinajstić information content (AvgIpc) is 3.45. The fourth-order valence-corrected chi connectivity index (χ4v) is 5.52. The number of fused-ring (bicyclic) bond motifs is 1. The van der Waals surface area contributed by atoms with Crippen LogP contribution in [-0.4, -0.2) is 43.5 Å². The summed E-state index contributed by atoms with van der Waals surface area (Å²) in [5.74, 6) is 2.16. The zero-order chi connectivity index (χ0) is 24.4. The lowest BCUT2D eigenvalue weighted by Gasteiger charge is -2.31. The van der Waals surface area contributed by atoms with E-state index in [0.717, 1.165) is 28.7 Å². The van der Waals surface area contributed by atoms with Crippen molar-refractivity contribution in [3.63, 3.8) is 0 Å². The molecular formula is C25H28N6O3S. The molecule has 3 N–H and O–H groups in total. The smallest absolute Gasteiger partial charge is 0.323 e. The molecule has 2 aromatic heterocycles. The van der Waals surface area contributed by atoms with Crippen molar-refractivity contribution in [2.24, 2.45) is 5.92 Å². The highest BCUT2D eigenvalue weighted by molar-refractivity contribution is 7.99. The van der Waals surface area contributed by atoms with Crippen LogP contribution in [0.25, 0.3) is 22.4 Å². The molecule has 1 aliphatic carbocycles. The van der Waals surface area contributed by atoms with E-state index >= 15 is 0 Å². The third-order valence-electron chi connectivity index (χ3n) is 6.54. The Hall–Kier alpha value is -3.53. The molecule has 10 heteroatoms. The van der Waals surface area contributed by atoms with Crippen LogP contribution in [0.3, 0.4) is 0 Å². The molecule has 0 bridgehead atoms. The summed E-state index contributed by atoms with van der Waals surface area (Å²) in [5.41, 5.74) is 2.67. The third-order valence-corrected chi connectivity index (χ3v) is 7.49. The first-order valence-electron chi connectivity index (χ1n) is 11.8. The summed E-state index contributed by atoms with van der Waals surface area (Å²) in [5, 5.41) is 12.7. The number of thioether (sulfide) groups is 1. The molecule has 1 aliphatic rings. The maximum Gasteiger partial charge on any atom is 0.323 e. The monoisotopic (exact) mass is 492 g/mol. The van der Waals surface area contributed by atoms with Crippen LogP contribution in [0.15, 0.2) is 52.4 Å². The molecule has 0 aliphatic heterocycles. The number of nitrogens with one attached hydrogen (secondary N) is 3. The standard InChI is InChI=1S/C25H28N6O3S/c1-15-5-3-4-6-21(15)31-23(16-7-10-18(34-2)11-8-16)29-30-25(31)35-14-22(32)26-17-9-12-19-20(13-17)28-24(33)27-19/h7-13,15,21H,3-6,14H2,1-2H3,(H,26,32)(H2,27,28,33)/t15-,21-/m1/s1. The number of amides is 1. The number of carbonyl (C=O) groups is 1. The maximum absolute atomic E-state index is 12.7. The van der Waals surface area contributed by atoms with Crippen molar-refractivity contribution in [2.75, 3.05) is 18.2 Å². The Morgan fingerprint density at radius 1 is 1.11 bits per heavy atom. The van der Waals surface area contributed by atoms with Gasteiger partial charge in [0.05, 0.1) is 23.9 Å². The van der Waals surface area contributed by atoms with Crippen LogP contribution in [0.1, 0.15) is 38.6 Å². The lowest BCUT2D eigenvalue weighted by Crippen LogP contribution is -2.23. The van der Waals surface area contributed by atoms with Gasteiger partial charge in [0, 0.05) is 17.3 Å². The summed E-state index contributed by atoms with van der Waals surface area (Å²) in [6.45, 7) is 2.28. The number of aromatic amines is 2. The van der Waals surface area contributed by atoms with Crippen LogP contribution < -0.4 is 15.7 Å². The van der Waals surface area contributed by atoms with Gasteiger partial charge in [-0.25, -0.2) is 4.79 Å². The first kappa shape index (κ1) is 23.2. The fraction of sp³-hybridized carbons (Fsp3) is 0.360. The van der Waals surface area contributed by atoms with Gasteiger partial charge in [-0.1, -0.05) is 31.5 Å². The molecule has 4 aromatic rings. The Morgan fingerprint density at radius 3 is 2.66 bits per heavy atom. The molecule has 2 heterocycles. The van der Waals surface area contributed by atoms with Crippen LogP contribution in [0.2, 0.25) is 0 Å². The Labute approximate surface area is 206 Å². The lowest BCUT2D eigenvalue weighted by molar-refractivity contribution is -0.113. The summed E-state index contributed by atoms with van der Waals surface area (Å²) in [4.78, 5) is 29.6. The lowest BCUT2D eigenvalue weighted by atomic mass is 9.85. The number of aromatic nitrogens is 5. The minimum Gasteiger partial charge on any atom is -0.497 e. The highest BCUT2D eigenvalue weighted by atomic mass is 32.2. The number of nitrogens with zero attached hydrogens (tertiary/aromatic N) is 3. The van der Waals surface area contributed by atoms with E-state index in [4.69, 9.17) is 4.74 Å². The zero-order valence-corrected chi connectivity index (χ0v) is 20.5. The number of rotatable bonds is 7. The topological polar surface area (TPSA) is 118 Å². The van der Waals surface area contributed by atoms with Crippen LogP contribution in [0.4, 0.5) is 5.69 Å². The number of anilines is 1. The highest BCUT2D eigenvalue weighted by Crippen LogP contribution is 2.39. The van der Waals surface area contributed by atoms with Gasteiger partial charge in [-0.15, -0.1) is 10.2 Å². The highest BCUT2D eigenvalue weighted by Gasteiger charge is 2.29. The fourth-order valence-electron chi connectivity index (χ4n) is 4.73. The van der Waals surface area contributed by atoms with Crippen LogP contribution in [-0.2, 0) is 4.79 Å². The van der Waals surface area contributed by atoms with Gasteiger partial charge in [0.2, 0.25) is 5.91 Å². The molecule has 35 heavy (non-hydrogen) atoms. The van der Waals surface area contributed by atoms with Gasteiger partial charge >= 0.3 is 5.69 Å². The first-order chi connectivity index (χ1) is 17.0. The summed E-state index contributed by atoms with van der Waals surface area (Å²) in [6.07, 6.45) is 4.64. The summed E-state index contributed by atoms with van der Waals surface area (Å²) < 4.78 is 7.52. The van der Waals surface area contributed by atoms with Crippen molar-refractivity contribution in [2.45, 2.75) is 43.8 Å². The molecule has 0 radical (unpaired) electrons. The number of imidazole rings is 1. The van der Waals surface area contributed by atoms with Gasteiger partial charge in [-0.3, -0.25) is 9.36 Å². The second-order valence-electron chi connectivity index (χ2n) is 8.91. The molecule has 5 rings (SSSR count). The van der Waals surface area contributed by atoms with Crippen molar-refractivity contribution >= 4 is 34.4 Å². The molecule has 1 saturated carbocycles. The minimum atomic E-state index is -0.275. The number of H-pyrrole nitrogens is 2. The molecule has 0 spiro atoms. The number of methoxy groups -OCH3 is 1. The third kappa shape index (κ3) is 4.97. The normalized spacial score (nSPS) is 18.0. The molecule has 2 aromatic carbocycles. The summed E-state index contributed by atoms with van der Waals surface area (Å²) in [6, 6.07) is 13.4. The van der Waals surface area contributed by atoms with Gasteiger partial charge in [0.25, 0.3) is 0 Å². The number of benzene rings is 2. The van der Waals surface area contributed by atoms with Crippen molar-refractivity contribution in [1.82, 2.24) is 24.7 Å². The minimum absolute atomic E-state index is 0.149. The van der Waals surface area contributed by atoms with E-state index < -0.39 is 0 Å². The second kappa shape index (κ2) is 9.99. The van der Waals surface area contributed by atoms with Gasteiger partial charge in [0.15, 0.2) is 11.0 Å². The van der Waals surface area contributed by atoms with Crippen molar-refractivity contribution < 1.29 is 9.53 Å². The summed E-state index contributed by atoms with van der Waals surface area (Å²) in [7, 11) is 1.65. The second-order valence-corrected chi connectivity index (χ2v) is 9.85. The van der Waals surface area contributed by atoms with E-state index in [1.165, 1.54) is 31.0 Å². The van der Waals surface area contributed by atoms with Crippen molar-refractivity contribution in [3.8, 4) is 17.1 Å². The van der Waals surface area contributed by atoms with E-state index in [-0.39, 0.29) is 23.4 Å². The zero-order valence-electron chi connectivity index (χ0n) is 19.7. The molecule has 0 unspecified atom stereocenters. The predicted molar refractivity (Wildman–Crippen MR) is 137 cm³/mol. The summed E-state index contributed by atoms with van der Waals surface area (Å²) >= 11 is 1.39. The average molecular weight is 493 g/mol. The maximum atomic E-state index is 12.7. The van der Waals surface area contributed by atoms with E-state index in [0.29, 0.717) is 22.6 Å². The van der Waals surface area contributed by atoms with Crippen molar-refractivity contribution in [1.29, 1.82) is 0 Å². The Morgan fingerprint density at radius 2 is 1.89 bits per heavy atom. The quantitative estimate of drug-likeness (QED) is 0.325. The van der Waals surface area contributed by atoms with Gasteiger partial charge in [-0.2, -0.15) is 0 Å². The largest absolute Gasteiger partial charge is 0.497 e. The van der Waals surface area contributed by atoms with E-state index in [2.05, 4.69) is 37.0 Å². The number of ether oxygens (including phenoxy) is 1. The Balaban J connectivity index is 1.36. The Kier molecular flexibility index (Phi) is 6.63. The Bertz CT molecular complexity index is 1390. The van der Waals surface area contributed by atoms with Crippen LogP contribution in [0, 0.1) is 5.92 Å². The van der Waals surface area contributed by atoms with Gasteiger partial charge < -0.3 is 20.0 Å². The molecule has 2 atom stereocenters. The van der Waals surface area contributed by atoms with E-state index in [9.17, 15) is 9.59 Å². The van der Waals surface area contributed by atoms with Crippen LogP contribution >= 0.6 is 11.8 Å². The number of carbonyl (C=O) groups excluding carboxylic acids is 1. The molecule has 182 valence electrons. The van der Waals surface area contributed by atoms with Crippen LogP contribution in [0.5, 0.6) is 5.75 Å².